The van der Waals surface area contributed by atoms with Crippen LogP contribution in [0.25, 0.3) is 0 Å². The van der Waals surface area contributed by atoms with E-state index >= 15 is 0 Å². The molecule has 0 atom stereocenters. The van der Waals surface area contributed by atoms with E-state index in [0.717, 1.165) is 67.4 Å². The summed E-state index contributed by atoms with van der Waals surface area (Å²) < 4.78 is 73.2. The fourth-order valence-corrected chi connectivity index (χ4v) is 12.6. The number of aromatic nitrogens is 4. The zero-order chi connectivity index (χ0) is 64.4. The maximum absolute atomic E-state index is 12.0. The maximum atomic E-state index is 12.0. The molecule has 4 fully saturated rings. The molecule has 2 aromatic heterocycles. The minimum Gasteiger partial charge on any atom is -0.497 e. The summed E-state index contributed by atoms with van der Waals surface area (Å²) in [6, 6.07) is 19.5. The fraction of sp³-hybridized carbons (Fsp3) is 0.435. The van der Waals surface area contributed by atoms with Gasteiger partial charge >= 0.3 is 0 Å². The van der Waals surface area contributed by atoms with E-state index in [0.29, 0.717) is 52.1 Å². The standard InChI is InChI=1S/C29H38ClN7O4S.C17H27N3O.C12H12Cl2N4O3S.C4H5/c1-19-15-25(27(41-3)17-26(19)37-13-9-20(10-14-37)36-11-5-6-12-36)33-29-31-18-22(30)28(34-29)32-23-8-7-21(40-2)16-24(23)35-42(4,38)39;1-13-11-15(18)17(21-2)12-16(13)20-9-5-14(6-10-20)19-7-3-4-8-19;1-21-7-3-4-9(10(5-7)18-22(2,19)20)16-11-8(13)6-15-12(14)17-11;1-3-4-2/h7-8,15-18,20,35H,5-6,9-14H2,1-4H3,(H2,31,32,33,34);11-12,14H,3-10,18H2,1-2H3;3-6,18H,1-2H3,(H,15,16,17);1H2,2H3/q;;;-1. The number of ether oxygens (including phenoxy) is 4. The number of likely N-dealkylation sites (tertiary alicyclic amines) is 2. The van der Waals surface area contributed by atoms with Gasteiger partial charge in [-0.25, -0.2) is 26.8 Å². The van der Waals surface area contributed by atoms with E-state index < -0.39 is 20.0 Å². The Hall–Kier alpha value is -7.24. The predicted octanol–water partition coefficient (Wildman–Crippen LogP) is 11.8. The molecule has 0 spiro atoms. The zero-order valence-corrected chi connectivity index (χ0v) is 55.9. The Morgan fingerprint density at radius 1 is 0.562 bits per heavy atom. The number of piperidine rings is 2. The number of benzene rings is 4. The highest BCUT2D eigenvalue weighted by Gasteiger charge is 2.29. The Kier molecular flexibility index (Phi) is 25.3. The topological polar surface area (TPSA) is 256 Å². The van der Waals surface area contributed by atoms with Crippen LogP contribution in [0.3, 0.4) is 0 Å². The molecule has 4 saturated heterocycles. The number of halogens is 3. The highest BCUT2D eigenvalue weighted by molar-refractivity contribution is 7.92. The molecule has 0 unspecified atom stereocenters. The molecule has 0 amide bonds. The molecule has 10 rings (SSSR count). The molecular weight excluding hydrogens is 1240 g/mol. The van der Waals surface area contributed by atoms with Crippen LogP contribution in [0.4, 0.5) is 63.1 Å². The molecule has 0 saturated carbocycles. The smallest absolute Gasteiger partial charge is 0.229 e. The molecule has 4 aliphatic rings. The Labute approximate surface area is 540 Å². The normalized spacial score (nSPS) is 15.6. The summed E-state index contributed by atoms with van der Waals surface area (Å²) in [5.74, 6) is 8.29. The Morgan fingerprint density at radius 3 is 1.42 bits per heavy atom. The van der Waals surface area contributed by atoms with E-state index in [1.165, 1.54) is 127 Å². The average Bonchev–Trinajstić information content (AvgIpc) is 2.40. The third kappa shape index (κ3) is 20.1. The number of methoxy groups -OCH3 is 4. The first kappa shape index (κ1) is 69.2. The van der Waals surface area contributed by atoms with Crippen molar-refractivity contribution >= 4 is 118 Å². The highest BCUT2D eigenvalue weighted by Crippen LogP contribution is 2.39. The number of sulfonamides is 2. The summed E-state index contributed by atoms with van der Waals surface area (Å²) in [5.41, 5.74) is 13.7. The second-order valence-corrected chi connectivity index (χ2v) is 26.4. The van der Waals surface area contributed by atoms with E-state index in [2.05, 4.69) is 110 Å². The second kappa shape index (κ2) is 32.5. The van der Waals surface area contributed by atoms with Crippen molar-refractivity contribution in [2.45, 2.75) is 84.2 Å². The highest BCUT2D eigenvalue weighted by atomic mass is 35.5. The van der Waals surface area contributed by atoms with Crippen LogP contribution in [0.5, 0.6) is 23.0 Å². The molecule has 0 bridgehead atoms. The van der Waals surface area contributed by atoms with Crippen molar-refractivity contribution < 1.29 is 35.8 Å². The van der Waals surface area contributed by atoms with Gasteiger partial charge in [0.2, 0.25) is 31.3 Å². The van der Waals surface area contributed by atoms with Crippen LogP contribution in [0.15, 0.2) is 73.1 Å². The minimum atomic E-state index is -3.55. The lowest BCUT2D eigenvalue weighted by Gasteiger charge is -2.38. The summed E-state index contributed by atoms with van der Waals surface area (Å²) >= 11 is 18.1. The van der Waals surface area contributed by atoms with E-state index in [9.17, 15) is 16.8 Å². The summed E-state index contributed by atoms with van der Waals surface area (Å²) in [6.07, 6.45) is 15.2. The Bertz CT molecular complexity index is 3640. The molecule has 4 aliphatic heterocycles. The van der Waals surface area contributed by atoms with Crippen molar-refractivity contribution in [3.05, 3.63) is 106 Å². The molecule has 27 heteroatoms. The second-order valence-electron chi connectivity index (χ2n) is 21.7. The first-order chi connectivity index (χ1) is 42.5. The van der Waals surface area contributed by atoms with E-state index in [4.69, 9.17) is 59.5 Å². The number of rotatable bonds is 18. The number of aryl methyl sites for hydroxylation is 2. The molecule has 7 N–H and O–H groups in total. The van der Waals surface area contributed by atoms with Gasteiger partial charge in [0.1, 0.15) is 33.0 Å². The van der Waals surface area contributed by atoms with E-state index in [1.54, 1.807) is 51.5 Å². The van der Waals surface area contributed by atoms with Gasteiger partial charge in [0.25, 0.3) is 0 Å². The van der Waals surface area contributed by atoms with Gasteiger partial charge in [0.05, 0.1) is 87.5 Å². The van der Waals surface area contributed by atoms with Crippen LogP contribution in [-0.4, -0.2) is 152 Å². The summed E-state index contributed by atoms with van der Waals surface area (Å²) in [5, 5.41) is 9.79. The van der Waals surface area contributed by atoms with E-state index in [1.807, 2.05) is 12.1 Å². The lowest BCUT2D eigenvalue weighted by Crippen LogP contribution is -2.44. The lowest BCUT2D eigenvalue weighted by molar-refractivity contribution is 0.208. The van der Waals surface area contributed by atoms with Crippen molar-refractivity contribution in [3.8, 4) is 34.8 Å². The quantitative estimate of drug-likeness (QED) is 0.0202. The van der Waals surface area contributed by atoms with Gasteiger partial charge < -0.3 is 66.2 Å². The van der Waals surface area contributed by atoms with Crippen molar-refractivity contribution in [1.82, 2.24) is 29.7 Å². The Morgan fingerprint density at radius 2 is 0.989 bits per heavy atom. The average molecular weight is 1320 g/mol. The van der Waals surface area contributed by atoms with Crippen LogP contribution in [0, 0.1) is 32.6 Å². The number of anilines is 11. The van der Waals surface area contributed by atoms with Crippen molar-refractivity contribution in [1.29, 1.82) is 0 Å². The minimum absolute atomic E-state index is 0.0121. The summed E-state index contributed by atoms with van der Waals surface area (Å²) in [6.45, 7) is 18.6. The first-order valence-electron chi connectivity index (χ1n) is 29.1. The number of hydrogen-bond acceptors (Lipinski definition) is 20. The van der Waals surface area contributed by atoms with Gasteiger partial charge in [-0.1, -0.05) is 30.1 Å². The molecule has 482 valence electrons. The molecule has 89 heavy (non-hydrogen) atoms. The summed E-state index contributed by atoms with van der Waals surface area (Å²) in [4.78, 5) is 26.9. The third-order valence-corrected chi connectivity index (χ3v) is 17.3. The lowest BCUT2D eigenvalue weighted by atomic mass is 10.0. The molecule has 22 nitrogen and oxygen atoms in total. The van der Waals surface area contributed by atoms with Gasteiger partial charge in [0, 0.05) is 73.9 Å². The number of nitrogens with two attached hydrogens (primary N) is 1. The van der Waals surface area contributed by atoms with Gasteiger partial charge in [-0.3, -0.25) is 15.4 Å². The van der Waals surface area contributed by atoms with Crippen molar-refractivity contribution in [2.24, 2.45) is 0 Å². The SMILES string of the molecule is COc1cc(N2CCC(N3CCCC3)CC2)c(C)cc1N.COc1ccc(Nc2nc(Cl)ncc2Cl)c(NS(C)(=O)=O)c1.COc1ccc(Nc2nc(Nc3cc(C)c(N4CCC(N5CCCC5)CC4)cc3OC)ncc2Cl)c(NS(C)(=O)=O)c1.[CH2-]C#CC. The molecule has 6 aromatic rings. The fourth-order valence-electron chi connectivity index (χ4n) is 11.1. The number of nitrogen functional groups attached to an aromatic ring is 1. The van der Waals surface area contributed by atoms with Crippen LogP contribution in [-0.2, 0) is 20.0 Å². The third-order valence-electron chi connectivity index (χ3n) is 15.4. The Balaban J connectivity index is 0.000000201. The van der Waals surface area contributed by atoms with Crippen LogP contribution in [0.1, 0.15) is 69.4 Å². The first-order valence-corrected chi connectivity index (χ1v) is 34.1. The van der Waals surface area contributed by atoms with Crippen LogP contribution >= 0.6 is 34.8 Å². The number of nitrogens with zero attached hydrogens (tertiary/aromatic N) is 8. The molecule has 4 aromatic carbocycles. The predicted molar refractivity (Wildman–Crippen MR) is 363 cm³/mol. The van der Waals surface area contributed by atoms with E-state index in [-0.39, 0.29) is 26.8 Å². The zero-order valence-electron chi connectivity index (χ0n) is 52.0. The maximum Gasteiger partial charge on any atom is 0.229 e. The van der Waals surface area contributed by atoms with Gasteiger partial charge in [0.15, 0.2) is 11.6 Å². The van der Waals surface area contributed by atoms with Gasteiger partial charge in [-0.05, 0) is 151 Å². The molecule has 6 heterocycles. The summed E-state index contributed by atoms with van der Waals surface area (Å²) in [7, 11) is -0.704. The van der Waals surface area contributed by atoms with Crippen molar-refractivity contribution in [3.63, 3.8) is 0 Å². The van der Waals surface area contributed by atoms with Crippen LogP contribution in [0.2, 0.25) is 15.3 Å². The largest absolute Gasteiger partial charge is 0.497 e. The number of nitrogens with one attached hydrogen (secondary N) is 5. The molecular formula is C62H82Cl3N14O8S2-. The van der Waals surface area contributed by atoms with Gasteiger partial charge in [-0.15, -0.1) is 0 Å². The monoisotopic (exact) mass is 1320 g/mol. The molecule has 0 radical (unpaired) electrons. The van der Waals surface area contributed by atoms with Gasteiger partial charge in [-0.2, -0.15) is 16.9 Å². The van der Waals surface area contributed by atoms with Crippen LogP contribution < -0.4 is 59.9 Å². The van der Waals surface area contributed by atoms with Crippen molar-refractivity contribution in [2.75, 3.05) is 134 Å². The number of hydrogen-bond donors (Lipinski definition) is 6. The molecule has 0 aliphatic carbocycles.